The number of hydrogen-bond acceptors (Lipinski definition) is 3. The lowest BCUT2D eigenvalue weighted by Crippen LogP contribution is -2.42. The van der Waals surface area contributed by atoms with Crippen LogP contribution in [0.25, 0.3) is 0 Å². The Bertz CT molecular complexity index is 515. The highest BCUT2D eigenvalue weighted by molar-refractivity contribution is 5.93. The lowest BCUT2D eigenvalue weighted by molar-refractivity contribution is -0.116. The number of benzene rings is 1. The Morgan fingerprint density at radius 2 is 2.05 bits per heavy atom. The summed E-state index contributed by atoms with van der Waals surface area (Å²) in [5.74, 6) is 0.541. The molecule has 1 saturated carbocycles. The lowest BCUT2D eigenvalue weighted by atomic mass is 10.2. The number of carbonyl (C=O) groups is 2. The second kappa shape index (κ2) is 6.97. The van der Waals surface area contributed by atoms with Crippen LogP contribution in [-0.4, -0.2) is 38.2 Å². The molecule has 6 heteroatoms. The first kappa shape index (κ1) is 15.2. The molecule has 2 rings (SSSR count). The van der Waals surface area contributed by atoms with Crippen LogP contribution in [0.5, 0.6) is 5.75 Å². The van der Waals surface area contributed by atoms with Crippen molar-refractivity contribution < 1.29 is 14.3 Å². The molecule has 1 aliphatic carbocycles. The normalized spacial score (nSPS) is 13.4. The molecule has 0 spiro atoms. The van der Waals surface area contributed by atoms with Crippen molar-refractivity contribution in [3.8, 4) is 5.75 Å². The molecule has 1 aromatic rings. The Kier molecular flexibility index (Phi) is 5.03. The first-order chi connectivity index (χ1) is 10.1. The Morgan fingerprint density at radius 1 is 1.33 bits per heavy atom. The molecule has 1 aromatic carbocycles. The van der Waals surface area contributed by atoms with E-state index < -0.39 is 0 Å². The zero-order valence-corrected chi connectivity index (χ0v) is 12.4. The number of amides is 3. The lowest BCUT2D eigenvalue weighted by Gasteiger charge is -2.23. The molecule has 21 heavy (non-hydrogen) atoms. The average molecular weight is 291 g/mol. The number of ether oxygens (including phenoxy) is 1. The highest BCUT2D eigenvalue weighted by atomic mass is 16.5. The summed E-state index contributed by atoms with van der Waals surface area (Å²) in [6.45, 7) is 2.28. The molecule has 1 fully saturated rings. The fourth-order valence-corrected chi connectivity index (χ4v) is 2.05. The van der Waals surface area contributed by atoms with Gasteiger partial charge in [0.25, 0.3) is 0 Å². The predicted molar refractivity (Wildman–Crippen MR) is 80.6 cm³/mol. The summed E-state index contributed by atoms with van der Waals surface area (Å²) in [7, 11) is 1.57. The van der Waals surface area contributed by atoms with Gasteiger partial charge in [-0.15, -0.1) is 0 Å². The van der Waals surface area contributed by atoms with E-state index >= 15 is 0 Å². The van der Waals surface area contributed by atoms with Gasteiger partial charge in [-0.05, 0) is 25.0 Å². The van der Waals surface area contributed by atoms with Crippen LogP contribution in [0.1, 0.15) is 19.8 Å². The number of hydrogen-bond donors (Lipinski definition) is 2. The van der Waals surface area contributed by atoms with Crippen molar-refractivity contribution in [2.24, 2.45) is 0 Å². The van der Waals surface area contributed by atoms with Crippen LogP contribution in [0.15, 0.2) is 24.3 Å². The minimum atomic E-state index is -0.180. The number of nitrogens with zero attached hydrogens (tertiary/aromatic N) is 1. The van der Waals surface area contributed by atoms with E-state index in [4.69, 9.17) is 4.74 Å². The van der Waals surface area contributed by atoms with Crippen LogP contribution in [0.2, 0.25) is 0 Å². The van der Waals surface area contributed by atoms with E-state index in [1.165, 1.54) is 6.92 Å². The quantitative estimate of drug-likeness (QED) is 0.834. The van der Waals surface area contributed by atoms with Crippen molar-refractivity contribution in [2.45, 2.75) is 25.8 Å². The Balaban J connectivity index is 1.92. The highest BCUT2D eigenvalue weighted by Gasteiger charge is 2.23. The van der Waals surface area contributed by atoms with Gasteiger partial charge >= 0.3 is 6.03 Å². The van der Waals surface area contributed by atoms with Crippen LogP contribution < -0.4 is 20.3 Å². The van der Waals surface area contributed by atoms with E-state index in [9.17, 15) is 9.59 Å². The highest BCUT2D eigenvalue weighted by Crippen LogP contribution is 2.27. The van der Waals surface area contributed by atoms with Crippen LogP contribution in [-0.2, 0) is 4.79 Å². The minimum absolute atomic E-state index is 0.0936. The van der Waals surface area contributed by atoms with Gasteiger partial charge in [0.2, 0.25) is 5.91 Å². The Hall–Kier alpha value is -2.24. The molecule has 0 aliphatic heterocycles. The van der Waals surface area contributed by atoms with Crippen molar-refractivity contribution in [1.29, 1.82) is 0 Å². The molecule has 2 N–H and O–H groups in total. The Labute approximate surface area is 124 Å². The topological polar surface area (TPSA) is 70.7 Å². The fraction of sp³-hybridized carbons (Fsp3) is 0.467. The third-order valence-corrected chi connectivity index (χ3v) is 3.29. The van der Waals surface area contributed by atoms with E-state index in [1.807, 2.05) is 18.2 Å². The summed E-state index contributed by atoms with van der Waals surface area (Å²) in [5.41, 5.74) is 0.705. The molecule has 0 unspecified atom stereocenters. The first-order valence-electron chi connectivity index (χ1n) is 7.07. The van der Waals surface area contributed by atoms with E-state index in [-0.39, 0.29) is 11.9 Å². The summed E-state index contributed by atoms with van der Waals surface area (Å²) in [6, 6.07) is 7.47. The van der Waals surface area contributed by atoms with Gasteiger partial charge in [0.05, 0.1) is 12.8 Å². The SMILES string of the molecule is COc1ccccc1N(CCNC(=O)NC1CC1)C(C)=O. The summed E-state index contributed by atoms with van der Waals surface area (Å²) in [6.07, 6.45) is 2.10. The first-order valence-corrected chi connectivity index (χ1v) is 7.07. The fourth-order valence-electron chi connectivity index (χ4n) is 2.05. The standard InChI is InChI=1S/C15H21N3O3/c1-11(19)18(13-5-3-4-6-14(13)21-2)10-9-16-15(20)17-12-7-8-12/h3-6,12H,7-10H2,1-2H3,(H2,16,17,20). The van der Waals surface area contributed by atoms with Crippen molar-refractivity contribution in [3.63, 3.8) is 0 Å². The number of rotatable bonds is 6. The number of nitrogens with one attached hydrogen (secondary N) is 2. The van der Waals surface area contributed by atoms with Crippen molar-refractivity contribution >= 4 is 17.6 Å². The summed E-state index contributed by atoms with van der Waals surface area (Å²) in [5, 5.41) is 5.60. The van der Waals surface area contributed by atoms with Gasteiger partial charge in [0.15, 0.2) is 0 Å². The van der Waals surface area contributed by atoms with Crippen LogP contribution in [0.4, 0.5) is 10.5 Å². The number of carbonyl (C=O) groups excluding carboxylic acids is 2. The predicted octanol–water partition coefficient (Wildman–Crippen LogP) is 1.51. The summed E-state index contributed by atoms with van der Waals surface area (Å²) >= 11 is 0. The largest absolute Gasteiger partial charge is 0.495 e. The molecular weight excluding hydrogens is 270 g/mol. The van der Waals surface area contributed by atoms with E-state index in [1.54, 1.807) is 18.1 Å². The molecule has 0 heterocycles. The zero-order valence-electron chi connectivity index (χ0n) is 12.4. The molecule has 1 aliphatic rings. The third kappa shape index (κ3) is 4.37. The maximum Gasteiger partial charge on any atom is 0.315 e. The zero-order chi connectivity index (χ0) is 15.2. The number of para-hydroxylation sites is 2. The molecule has 0 atom stereocenters. The second-order valence-electron chi connectivity index (χ2n) is 5.02. The monoisotopic (exact) mass is 291 g/mol. The molecule has 3 amide bonds. The smallest absolute Gasteiger partial charge is 0.315 e. The van der Waals surface area contributed by atoms with Gasteiger partial charge in [-0.3, -0.25) is 4.79 Å². The Morgan fingerprint density at radius 3 is 2.67 bits per heavy atom. The summed E-state index contributed by atoms with van der Waals surface area (Å²) < 4.78 is 5.27. The maximum atomic E-state index is 11.8. The molecule has 0 aromatic heterocycles. The number of urea groups is 1. The van der Waals surface area contributed by atoms with E-state index in [0.29, 0.717) is 30.6 Å². The van der Waals surface area contributed by atoms with Gasteiger partial charge in [-0.25, -0.2) is 4.79 Å². The van der Waals surface area contributed by atoms with Crippen LogP contribution in [0, 0.1) is 0 Å². The van der Waals surface area contributed by atoms with Crippen LogP contribution >= 0.6 is 0 Å². The van der Waals surface area contributed by atoms with E-state index in [0.717, 1.165) is 12.8 Å². The second-order valence-corrected chi connectivity index (χ2v) is 5.02. The van der Waals surface area contributed by atoms with Crippen molar-refractivity contribution in [3.05, 3.63) is 24.3 Å². The van der Waals surface area contributed by atoms with Gasteiger partial charge in [-0.1, -0.05) is 12.1 Å². The number of methoxy groups -OCH3 is 1. The van der Waals surface area contributed by atoms with Gasteiger partial charge in [0, 0.05) is 26.1 Å². The molecular formula is C15H21N3O3. The molecule has 6 nitrogen and oxygen atoms in total. The molecule has 0 saturated heterocycles. The molecule has 114 valence electrons. The van der Waals surface area contributed by atoms with Crippen LogP contribution in [0.3, 0.4) is 0 Å². The minimum Gasteiger partial charge on any atom is -0.495 e. The van der Waals surface area contributed by atoms with Gasteiger partial charge in [0.1, 0.15) is 5.75 Å². The molecule has 0 bridgehead atoms. The van der Waals surface area contributed by atoms with E-state index in [2.05, 4.69) is 10.6 Å². The van der Waals surface area contributed by atoms with Gasteiger partial charge < -0.3 is 20.3 Å². The average Bonchev–Trinajstić information content (AvgIpc) is 3.27. The summed E-state index contributed by atoms with van der Waals surface area (Å²) in [4.78, 5) is 25.0. The maximum absolute atomic E-state index is 11.8. The van der Waals surface area contributed by atoms with Gasteiger partial charge in [-0.2, -0.15) is 0 Å². The molecule has 0 radical (unpaired) electrons. The number of anilines is 1. The van der Waals surface area contributed by atoms with Crippen molar-refractivity contribution in [2.75, 3.05) is 25.1 Å². The van der Waals surface area contributed by atoms with Crippen molar-refractivity contribution in [1.82, 2.24) is 10.6 Å². The third-order valence-electron chi connectivity index (χ3n) is 3.29.